The van der Waals surface area contributed by atoms with Crippen LogP contribution in [-0.2, 0) is 6.42 Å². The average molecular weight is 588 g/mol. The van der Waals surface area contributed by atoms with Gasteiger partial charge in [-0.1, -0.05) is 91.0 Å². The predicted molar refractivity (Wildman–Crippen MR) is 183 cm³/mol. The molecule has 0 amide bonds. The summed E-state index contributed by atoms with van der Waals surface area (Å²) in [5.74, 6) is 0. The molecule has 4 nitrogen and oxygen atoms in total. The Morgan fingerprint density at radius 2 is 1.55 bits per heavy atom. The second-order valence-corrected chi connectivity index (χ2v) is 13.3. The first kappa shape index (κ1) is 24.6. The summed E-state index contributed by atoms with van der Waals surface area (Å²) < 4.78 is 7.67. The van der Waals surface area contributed by atoms with Gasteiger partial charge in [0, 0.05) is 37.7 Å². The Hall–Kier alpha value is -4.84. The standard InChI is InChI=1S/C39H29N3OS/c1-41-38(28-16-10-19-33-35(28)26-14-5-8-18-32(26)43-33)40-36-27-15-6-9-20-34(27)44-37(36)39(41)42-30-17-7-4-13-25(30)29-21-23-11-2-3-12-24(23)22-31(29)42/h2-21,31,38-40H,22H2,1H3. The molecule has 4 heterocycles. The average Bonchev–Trinajstić information content (AvgIpc) is 3.73. The van der Waals surface area contributed by atoms with Gasteiger partial charge in [-0.05, 0) is 60.5 Å². The Labute approximate surface area is 259 Å². The van der Waals surface area contributed by atoms with Crippen LogP contribution in [0, 0.1) is 0 Å². The topological polar surface area (TPSA) is 31.7 Å². The number of para-hydroxylation sites is 2. The van der Waals surface area contributed by atoms with Gasteiger partial charge in [0.05, 0.1) is 16.6 Å². The summed E-state index contributed by atoms with van der Waals surface area (Å²) in [6.07, 6.45) is 3.39. The van der Waals surface area contributed by atoms with Crippen LogP contribution < -0.4 is 10.2 Å². The van der Waals surface area contributed by atoms with Crippen molar-refractivity contribution in [1.82, 2.24) is 4.90 Å². The van der Waals surface area contributed by atoms with Crippen molar-refractivity contribution < 1.29 is 4.42 Å². The van der Waals surface area contributed by atoms with Crippen LogP contribution in [0.1, 0.15) is 39.5 Å². The van der Waals surface area contributed by atoms with Gasteiger partial charge in [0.2, 0.25) is 0 Å². The molecule has 0 bridgehead atoms. The van der Waals surface area contributed by atoms with Crippen LogP contribution in [0.25, 0.3) is 43.7 Å². The number of hydrogen-bond acceptors (Lipinski definition) is 5. The van der Waals surface area contributed by atoms with Crippen LogP contribution in [0.5, 0.6) is 0 Å². The van der Waals surface area contributed by atoms with Crippen molar-refractivity contribution in [3.05, 3.63) is 142 Å². The normalized spacial score (nSPS) is 20.7. The predicted octanol–water partition coefficient (Wildman–Crippen LogP) is 9.84. The third-order valence-corrected chi connectivity index (χ3v) is 11.1. The van der Waals surface area contributed by atoms with Gasteiger partial charge in [-0.2, -0.15) is 0 Å². The summed E-state index contributed by atoms with van der Waals surface area (Å²) in [5, 5.41) is 7.68. The highest BCUT2D eigenvalue weighted by Crippen LogP contribution is 2.56. The van der Waals surface area contributed by atoms with E-state index in [9.17, 15) is 0 Å². The highest BCUT2D eigenvalue weighted by atomic mass is 32.1. The van der Waals surface area contributed by atoms with E-state index in [1.165, 1.54) is 59.6 Å². The second kappa shape index (κ2) is 9.08. The molecule has 7 aromatic rings. The van der Waals surface area contributed by atoms with E-state index in [0.717, 1.165) is 23.0 Å². The molecule has 2 aromatic heterocycles. The number of anilines is 2. The maximum Gasteiger partial charge on any atom is 0.135 e. The van der Waals surface area contributed by atoms with Crippen LogP contribution in [-0.4, -0.2) is 18.0 Å². The lowest BCUT2D eigenvalue weighted by Gasteiger charge is -2.47. The molecule has 3 unspecified atom stereocenters. The van der Waals surface area contributed by atoms with Gasteiger partial charge in [-0.3, -0.25) is 4.90 Å². The molecule has 0 saturated heterocycles. The molecule has 212 valence electrons. The Morgan fingerprint density at radius 1 is 0.773 bits per heavy atom. The zero-order chi connectivity index (χ0) is 28.9. The van der Waals surface area contributed by atoms with Crippen molar-refractivity contribution in [3.8, 4) is 0 Å². The first-order valence-electron chi connectivity index (χ1n) is 15.3. The Bertz CT molecular complexity index is 2310. The van der Waals surface area contributed by atoms with E-state index in [1.807, 2.05) is 17.4 Å². The van der Waals surface area contributed by atoms with Gasteiger partial charge in [-0.15, -0.1) is 11.3 Å². The largest absolute Gasteiger partial charge is 0.456 e. The molecule has 3 atom stereocenters. The quantitative estimate of drug-likeness (QED) is 0.218. The van der Waals surface area contributed by atoms with Crippen LogP contribution in [0.2, 0.25) is 0 Å². The van der Waals surface area contributed by atoms with Gasteiger partial charge in [0.25, 0.3) is 0 Å². The van der Waals surface area contributed by atoms with Crippen molar-refractivity contribution in [2.24, 2.45) is 0 Å². The maximum absolute atomic E-state index is 6.36. The number of furan rings is 1. The number of thiophene rings is 1. The lowest BCUT2D eigenvalue weighted by molar-refractivity contribution is 0.176. The molecule has 0 fully saturated rings. The molecule has 5 heteroatoms. The fourth-order valence-corrected chi connectivity index (χ4v) is 9.29. The lowest BCUT2D eigenvalue weighted by Crippen LogP contribution is -2.49. The van der Waals surface area contributed by atoms with Crippen LogP contribution >= 0.6 is 11.3 Å². The van der Waals surface area contributed by atoms with E-state index in [2.05, 4.69) is 137 Å². The third-order valence-electron chi connectivity index (χ3n) is 9.89. The van der Waals surface area contributed by atoms with Gasteiger partial charge in [-0.25, -0.2) is 0 Å². The second-order valence-electron chi connectivity index (χ2n) is 12.2. The highest BCUT2D eigenvalue weighted by molar-refractivity contribution is 7.19. The molecule has 0 saturated carbocycles. The fraction of sp³-hybridized carbons (Fsp3) is 0.128. The van der Waals surface area contributed by atoms with E-state index in [0.29, 0.717) is 0 Å². The molecule has 0 radical (unpaired) electrons. The number of hydrogen-bond donors (Lipinski definition) is 1. The summed E-state index contributed by atoms with van der Waals surface area (Å²) in [6, 6.07) is 41.9. The maximum atomic E-state index is 6.36. The van der Waals surface area contributed by atoms with E-state index >= 15 is 0 Å². The molecular formula is C39H29N3OS. The van der Waals surface area contributed by atoms with Gasteiger partial charge in [0.15, 0.2) is 0 Å². The Kier molecular flexibility index (Phi) is 5.08. The molecule has 1 aliphatic carbocycles. The zero-order valence-corrected chi connectivity index (χ0v) is 25.0. The van der Waals surface area contributed by atoms with Gasteiger partial charge < -0.3 is 14.6 Å². The van der Waals surface area contributed by atoms with E-state index < -0.39 is 0 Å². The molecular weight excluding hydrogens is 559 g/mol. The van der Waals surface area contributed by atoms with E-state index in [-0.39, 0.29) is 18.4 Å². The van der Waals surface area contributed by atoms with Crippen molar-refractivity contribution in [1.29, 1.82) is 0 Å². The summed E-state index contributed by atoms with van der Waals surface area (Å²) >= 11 is 1.92. The lowest BCUT2D eigenvalue weighted by atomic mass is 9.87. The molecule has 0 spiro atoms. The zero-order valence-electron chi connectivity index (χ0n) is 24.2. The van der Waals surface area contributed by atoms with Crippen molar-refractivity contribution in [2.75, 3.05) is 17.3 Å². The summed E-state index contributed by atoms with van der Waals surface area (Å²) in [5.41, 5.74) is 11.2. The fourth-order valence-electron chi connectivity index (χ4n) is 7.97. The minimum absolute atomic E-state index is 0.0318. The van der Waals surface area contributed by atoms with Gasteiger partial charge in [0.1, 0.15) is 23.5 Å². The molecule has 1 N–H and O–H groups in total. The van der Waals surface area contributed by atoms with Crippen LogP contribution in [0.4, 0.5) is 11.4 Å². The van der Waals surface area contributed by atoms with Crippen LogP contribution in [0.3, 0.4) is 0 Å². The number of benzene rings is 5. The monoisotopic (exact) mass is 587 g/mol. The van der Waals surface area contributed by atoms with Crippen molar-refractivity contribution in [3.63, 3.8) is 0 Å². The summed E-state index contributed by atoms with van der Waals surface area (Å²) in [4.78, 5) is 6.63. The summed E-state index contributed by atoms with van der Waals surface area (Å²) in [6.45, 7) is 0. The first-order valence-corrected chi connectivity index (χ1v) is 16.1. The van der Waals surface area contributed by atoms with Crippen molar-refractivity contribution in [2.45, 2.75) is 24.8 Å². The minimum atomic E-state index is -0.0636. The Balaban J connectivity index is 1.22. The Morgan fingerprint density at radius 3 is 2.50 bits per heavy atom. The molecule has 2 aliphatic heterocycles. The minimum Gasteiger partial charge on any atom is -0.456 e. The molecule has 5 aromatic carbocycles. The van der Waals surface area contributed by atoms with E-state index in [1.54, 1.807) is 0 Å². The van der Waals surface area contributed by atoms with Crippen LogP contribution in [0.15, 0.2) is 120 Å². The number of fused-ring (bicyclic) bond motifs is 10. The number of nitrogens with one attached hydrogen (secondary N) is 1. The highest BCUT2D eigenvalue weighted by Gasteiger charge is 2.46. The molecule has 10 rings (SSSR count). The molecule has 3 aliphatic rings. The third kappa shape index (κ3) is 3.31. The smallest absolute Gasteiger partial charge is 0.135 e. The first-order chi connectivity index (χ1) is 21.7. The van der Waals surface area contributed by atoms with Crippen molar-refractivity contribution >= 4 is 66.4 Å². The SMILES string of the molecule is CN1C(c2cccc3oc4ccccc4c23)Nc2c(sc3ccccc23)C1N1c2ccccc2C2=Cc3ccccc3CC21. The number of rotatable bonds is 2. The van der Waals surface area contributed by atoms with Gasteiger partial charge >= 0.3 is 0 Å². The number of nitrogens with zero attached hydrogens (tertiary/aromatic N) is 2. The summed E-state index contributed by atoms with van der Waals surface area (Å²) in [7, 11) is 2.29. The van der Waals surface area contributed by atoms with E-state index in [4.69, 9.17) is 4.42 Å². The molecule has 44 heavy (non-hydrogen) atoms.